The Bertz CT molecular complexity index is 5830. The zero-order chi connectivity index (χ0) is 86.0. The van der Waals surface area contributed by atoms with Crippen LogP contribution in [0.5, 0.6) is 0 Å². The number of hydrogen-bond acceptors (Lipinski definition) is 35. The molecule has 0 aromatic carbocycles. The number of amides is 1. The molecular weight excluding hydrogens is 1770 g/mol. The average Bonchev–Trinajstić information content (AvgIpc) is 1.62. The van der Waals surface area contributed by atoms with Crippen LogP contribution in [0.2, 0.25) is 6.82 Å². The minimum absolute atomic E-state index is 0.0243. The number of nitrogens with zero attached hydrogens (tertiary/aromatic N) is 24. The zero-order valence-corrected chi connectivity index (χ0v) is 72.1. The highest BCUT2D eigenvalue weighted by molar-refractivity contribution is 14.1. The molecule has 1 atom stereocenters. The lowest BCUT2D eigenvalue weighted by Crippen LogP contribution is -2.49. The van der Waals surface area contributed by atoms with Crippen molar-refractivity contribution in [2.24, 2.45) is 0 Å². The zero-order valence-electron chi connectivity index (χ0n) is 65.8. The smallest absolute Gasteiger partial charge is 0.376 e. The summed E-state index contributed by atoms with van der Waals surface area (Å²) in [4.78, 5) is 117. The number of aromatic nitrogens is 24. The van der Waals surface area contributed by atoms with E-state index in [1.165, 1.54) is 105 Å². The summed E-state index contributed by atoms with van der Waals surface area (Å²) < 4.78 is 51.8. The lowest BCUT2D eigenvalue weighted by molar-refractivity contribution is -0.0760. The largest absolute Gasteiger partial charge is 0.437 e. The van der Waals surface area contributed by atoms with E-state index in [1.54, 1.807) is 91.4 Å². The van der Waals surface area contributed by atoms with E-state index in [-0.39, 0.29) is 35.4 Å². The third-order valence-corrected chi connectivity index (χ3v) is 20.6. The molecule has 0 radical (unpaired) electrons. The first-order valence-electron chi connectivity index (χ1n) is 36.1. The summed E-state index contributed by atoms with van der Waals surface area (Å²) in [6.45, 7) is 9.65. The van der Waals surface area contributed by atoms with Gasteiger partial charge in [-0.15, -0.1) is 47.0 Å². The van der Waals surface area contributed by atoms with E-state index < -0.39 is 46.1 Å². The van der Waals surface area contributed by atoms with Crippen LogP contribution in [0.3, 0.4) is 0 Å². The Morgan fingerprint density at radius 2 is 0.843 bits per heavy atom. The summed E-state index contributed by atoms with van der Waals surface area (Å²) in [5, 5.41) is 44.2. The van der Waals surface area contributed by atoms with Crippen LogP contribution in [0.1, 0.15) is 42.7 Å². The topological polar surface area (TPSA) is 450 Å². The number of hydrogen-bond donors (Lipinski definition) is 6. The molecule has 622 valence electrons. The van der Waals surface area contributed by atoms with Gasteiger partial charge >= 0.3 is 7.05 Å². The SMILES string of the molecule is CB(O)N1CCNCC1.CON(C)C(=O)c1cccnc1F.CS(=O)c1ccnc(-c2[nH]nc3ncccc23)n1.CSc1ccnc(-c2[nH]nc3ncccc23)n1.CSc1ccnc(C(=O)c2cccnc2F)n1.CSc1ccnc(C(=O)c2cccnc2F)n1.CSc1ccnc(I)n1.c1cnc2n[nH]c(-c3nccc(N4CCNCC4)n3)c2c1. The summed E-state index contributed by atoms with van der Waals surface area (Å²) in [5.41, 5.74) is 3.94. The van der Waals surface area contributed by atoms with Crippen molar-refractivity contribution in [3.05, 3.63) is 234 Å². The monoisotopic (exact) mass is 1850 g/mol. The third kappa shape index (κ3) is 26.4. The van der Waals surface area contributed by atoms with E-state index in [9.17, 15) is 31.8 Å². The molecular formula is C76H76BF3IN29O6S5. The lowest BCUT2D eigenvalue weighted by Gasteiger charge is -2.28. The normalized spacial score (nSPS) is 12.4. The van der Waals surface area contributed by atoms with Gasteiger partial charge in [-0.3, -0.25) is 38.7 Å². The van der Waals surface area contributed by atoms with Crippen molar-refractivity contribution in [3.63, 3.8) is 0 Å². The molecule has 0 aliphatic carbocycles. The molecule has 45 heteroatoms. The molecule has 2 fully saturated rings. The quantitative estimate of drug-likeness (QED) is 0.00765. The number of H-pyrrole nitrogens is 3. The van der Waals surface area contributed by atoms with E-state index >= 15 is 0 Å². The first-order chi connectivity index (χ1) is 58.8. The molecule has 0 saturated carbocycles. The first kappa shape index (κ1) is 91.6. The van der Waals surface area contributed by atoms with E-state index in [0.717, 1.165) is 105 Å². The molecule has 0 spiro atoms. The van der Waals surface area contributed by atoms with Gasteiger partial charge in [0.25, 0.3) is 5.91 Å². The number of hydroxylamine groups is 2. The number of carbonyl (C=O) groups excluding carboxylic acids is 3. The fourth-order valence-corrected chi connectivity index (χ4v) is 13.1. The first-order valence-corrected chi connectivity index (χ1v) is 43.7. The van der Waals surface area contributed by atoms with Gasteiger partial charge in [-0.2, -0.15) is 28.5 Å². The molecule has 17 rings (SSSR count). The van der Waals surface area contributed by atoms with Gasteiger partial charge in [0.2, 0.25) is 41.1 Å². The maximum absolute atomic E-state index is 13.3. The maximum atomic E-state index is 13.3. The molecule has 1 amide bonds. The van der Waals surface area contributed by atoms with Gasteiger partial charge in [0.1, 0.15) is 33.0 Å². The highest BCUT2D eigenvalue weighted by Crippen LogP contribution is 2.27. The van der Waals surface area contributed by atoms with Gasteiger partial charge < -0.3 is 25.4 Å². The van der Waals surface area contributed by atoms with Crippen LogP contribution in [0.25, 0.3) is 67.7 Å². The predicted octanol–water partition coefficient (Wildman–Crippen LogP) is 9.70. The second-order valence-electron chi connectivity index (χ2n) is 24.3. The lowest BCUT2D eigenvalue weighted by atomic mass is 9.84. The number of halogens is 4. The Morgan fingerprint density at radius 3 is 1.25 bits per heavy atom. The van der Waals surface area contributed by atoms with Crippen molar-refractivity contribution in [3.8, 4) is 34.6 Å². The Morgan fingerprint density at radius 1 is 0.471 bits per heavy atom. The number of thioether (sulfide) groups is 4. The van der Waals surface area contributed by atoms with Crippen molar-refractivity contribution in [1.29, 1.82) is 0 Å². The Balaban J connectivity index is 0.000000147. The Hall–Kier alpha value is -11.7. The van der Waals surface area contributed by atoms with E-state index in [4.69, 9.17) is 5.02 Å². The van der Waals surface area contributed by atoms with Gasteiger partial charge in [0.05, 0.1) is 49.7 Å². The minimum Gasteiger partial charge on any atom is -0.437 e. The fourth-order valence-electron chi connectivity index (χ4n) is 10.6. The number of fused-ring (bicyclic) bond motifs is 3. The average molecular weight is 1850 g/mol. The van der Waals surface area contributed by atoms with Gasteiger partial charge in [-0.1, -0.05) is 0 Å². The van der Waals surface area contributed by atoms with Gasteiger partial charge in [0, 0.05) is 179 Å². The number of piperazine rings is 2. The molecule has 2 aliphatic rings. The molecule has 2 aliphatic heterocycles. The summed E-state index contributed by atoms with van der Waals surface area (Å²) in [6.07, 6.45) is 28.0. The minimum atomic E-state index is -1.14. The molecule has 15 aromatic heterocycles. The van der Waals surface area contributed by atoms with Gasteiger partial charge in [-0.05, 0) is 141 Å². The van der Waals surface area contributed by atoms with Crippen molar-refractivity contribution in [2.75, 3.05) is 103 Å². The van der Waals surface area contributed by atoms with Crippen LogP contribution in [-0.2, 0) is 15.6 Å². The number of pyridine rings is 6. The molecule has 2 saturated heterocycles. The fraction of sp³-hybridized carbons (Fsp3) is 0.211. The maximum Gasteiger partial charge on any atom is 0.376 e. The van der Waals surface area contributed by atoms with Crippen LogP contribution in [0.15, 0.2) is 209 Å². The Kier molecular flexibility index (Phi) is 35.9. The second-order valence-corrected chi connectivity index (χ2v) is 29.9. The van der Waals surface area contributed by atoms with Crippen molar-refractivity contribution < 1.29 is 41.6 Å². The van der Waals surface area contributed by atoms with Crippen LogP contribution in [-0.4, -0.2) is 262 Å². The van der Waals surface area contributed by atoms with Gasteiger partial charge in [0.15, 0.2) is 38.2 Å². The Labute approximate surface area is 723 Å². The molecule has 6 N–H and O–H groups in total. The van der Waals surface area contributed by atoms with Gasteiger partial charge in [-0.25, -0.2) is 94.8 Å². The molecule has 1 unspecified atom stereocenters. The van der Waals surface area contributed by atoms with Crippen LogP contribution in [0.4, 0.5) is 19.0 Å². The second kappa shape index (κ2) is 47.4. The van der Waals surface area contributed by atoms with Crippen LogP contribution in [0, 0.1) is 21.7 Å². The molecule has 121 heavy (non-hydrogen) atoms. The van der Waals surface area contributed by atoms with Crippen LogP contribution >= 0.6 is 69.6 Å². The standard InChI is InChI=1S/C14H15N7.2C11H8FN3OS.C11H9N5OS.C11H9N5S.C8H9FN2O2.C5H13BN2O.C5H5IN2S/c1-2-10-12(19-20-13(10)16-4-1)14-17-5-3-11(18-14)21-8-6-15-7-9-21;2*1-17-8-4-6-14-11(15-8)9(16)7-3-2-5-13-10(7)12;1-18(17)8-4-6-13-11(14-8)9-7-3-2-5-12-10(7)16-15-9;1-17-8-4-6-13-11(14-8)9-7-3-2-5-12-10(7)16-15-9;1-11(13-2)8(12)6-4-3-5-10-7(6)9;1-6(9)8-4-2-7-3-5-8;1-9-4-2-3-7-5(6)8-4/h1-5,15H,6-9H2,(H,16,19,20);2*2-6H,1H3;2-6H,1H3,(H,12,15,16);2-6H,1H3,(H,12,15,16);3-5H,1-2H3;7,9H,2-5H2,1H3;2-3H,1H3. The van der Waals surface area contributed by atoms with Crippen molar-refractivity contribution in [2.45, 2.75) is 32.0 Å². The van der Waals surface area contributed by atoms with E-state index in [0.29, 0.717) is 55.2 Å². The molecule has 35 nitrogen and oxygen atoms in total. The highest BCUT2D eigenvalue weighted by Gasteiger charge is 2.23. The van der Waals surface area contributed by atoms with Crippen molar-refractivity contribution >= 4 is 144 Å². The summed E-state index contributed by atoms with van der Waals surface area (Å²) in [7, 11) is 1.32. The third-order valence-electron chi connectivity index (χ3n) is 16.6. The van der Waals surface area contributed by atoms with Crippen LogP contribution < -0.4 is 15.5 Å². The number of rotatable bonds is 16. The predicted molar refractivity (Wildman–Crippen MR) is 465 cm³/mol. The summed E-state index contributed by atoms with van der Waals surface area (Å²) in [6, 6.07) is 30.7. The molecule has 15 aromatic rings. The number of nitrogens with one attached hydrogen (secondary N) is 5. The number of anilines is 1. The highest BCUT2D eigenvalue weighted by atomic mass is 127. The van der Waals surface area contributed by atoms with Crippen molar-refractivity contribution in [1.82, 2.24) is 141 Å². The van der Waals surface area contributed by atoms with E-state index in [1.807, 2.05) is 86.4 Å². The van der Waals surface area contributed by atoms with E-state index in [2.05, 4.69) is 168 Å². The molecule has 0 bridgehead atoms. The number of ketones is 2. The molecule has 17 heterocycles. The summed E-state index contributed by atoms with van der Waals surface area (Å²) in [5.74, 6) is -1.43. The number of carbonyl (C=O) groups is 3. The number of aromatic amines is 3. The summed E-state index contributed by atoms with van der Waals surface area (Å²) >= 11 is 8.08.